The lowest BCUT2D eigenvalue weighted by atomic mass is 10.1. The summed E-state index contributed by atoms with van der Waals surface area (Å²) in [6, 6.07) is 21.4. The highest BCUT2D eigenvalue weighted by Gasteiger charge is 2.16. The SMILES string of the molecule is CCCNC(=O)c1ccc2nc(-c3ccc(NC(=O)NC)cc3)c(CNCCc3ccccc3)n2c1. The minimum atomic E-state index is -0.271. The molecule has 4 rings (SSSR count). The molecule has 4 aromatic rings. The minimum Gasteiger partial charge on any atom is -0.352 e. The Balaban J connectivity index is 1.62. The van der Waals surface area contributed by atoms with Crippen molar-refractivity contribution >= 4 is 23.3 Å². The minimum absolute atomic E-state index is 0.0957. The van der Waals surface area contributed by atoms with E-state index in [0.717, 1.165) is 42.0 Å². The average molecular weight is 485 g/mol. The zero-order chi connectivity index (χ0) is 25.3. The molecule has 0 aliphatic rings. The van der Waals surface area contributed by atoms with Crippen LogP contribution in [0, 0.1) is 0 Å². The van der Waals surface area contributed by atoms with Gasteiger partial charge >= 0.3 is 6.03 Å². The van der Waals surface area contributed by atoms with Gasteiger partial charge in [0.15, 0.2) is 0 Å². The number of carbonyl (C=O) groups excluding carboxylic acids is 2. The number of carbonyl (C=O) groups is 2. The van der Waals surface area contributed by atoms with Gasteiger partial charge in [-0.1, -0.05) is 49.4 Å². The van der Waals surface area contributed by atoms with Crippen LogP contribution in [0.3, 0.4) is 0 Å². The van der Waals surface area contributed by atoms with Crippen LogP contribution in [0.25, 0.3) is 16.9 Å². The van der Waals surface area contributed by atoms with Gasteiger partial charge in [0.25, 0.3) is 5.91 Å². The summed E-state index contributed by atoms with van der Waals surface area (Å²) in [5.41, 5.74) is 6.06. The molecule has 0 unspecified atom stereocenters. The van der Waals surface area contributed by atoms with E-state index in [2.05, 4.69) is 33.4 Å². The Morgan fingerprint density at radius 2 is 1.72 bits per heavy atom. The van der Waals surface area contributed by atoms with E-state index in [9.17, 15) is 9.59 Å². The normalized spacial score (nSPS) is 10.8. The Labute approximate surface area is 211 Å². The lowest BCUT2D eigenvalue weighted by Gasteiger charge is -2.10. The van der Waals surface area contributed by atoms with Gasteiger partial charge in [0, 0.05) is 37.6 Å². The third-order valence-corrected chi connectivity index (χ3v) is 5.88. The van der Waals surface area contributed by atoms with Gasteiger partial charge in [0.1, 0.15) is 5.65 Å². The van der Waals surface area contributed by atoms with Gasteiger partial charge < -0.3 is 25.7 Å². The van der Waals surface area contributed by atoms with E-state index >= 15 is 0 Å². The van der Waals surface area contributed by atoms with E-state index in [4.69, 9.17) is 4.98 Å². The molecular weight excluding hydrogens is 452 g/mol. The number of benzene rings is 2. The third-order valence-electron chi connectivity index (χ3n) is 5.88. The van der Waals surface area contributed by atoms with E-state index in [1.807, 2.05) is 66.1 Å². The maximum atomic E-state index is 12.6. The number of amides is 3. The quantitative estimate of drug-likeness (QED) is 0.253. The molecule has 4 N–H and O–H groups in total. The summed E-state index contributed by atoms with van der Waals surface area (Å²) in [5.74, 6) is -0.0957. The molecule has 8 heteroatoms. The Morgan fingerprint density at radius 1 is 0.944 bits per heavy atom. The molecule has 0 aliphatic carbocycles. The topological polar surface area (TPSA) is 99.6 Å². The van der Waals surface area contributed by atoms with Gasteiger partial charge in [-0.15, -0.1) is 0 Å². The van der Waals surface area contributed by atoms with Crippen LogP contribution in [-0.2, 0) is 13.0 Å². The van der Waals surface area contributed by atoms with Gasteiger partial charge in [-0.3, -0.25) is 4.79 Å². The van der Waals surface area contributed by atoms with Crippen LogP contribution in [0.5, 0.6) is 0 Å². The summed E-state index contributed by atoms with van der Waals surface area (Å²) < 4.78 is 1.99. The molecule has 8 nitrogen and oxygen atoms in total. The van der Waals surface area contributed by atoms with E-state index in [1.54, 1.807) is 13.1 Å². The molecule has 3 amide bonds. The number of rotatable bonds is 10. The van der Waals surface area contributed by atoms with Gasteiger partial charge in [0.05, 0.1) is 17.0 Å². The maximum Gasteiger partial charge on any atom is 0.318 e. The van der Waals surface area contributed by atoms with Crippen molar-refractivity contribution in [3.05, 3.63) is 89.7 Å². The van der Waals surface area contributed by atoms with E-state index in [1.165, 1.54) is 5.56 Å². The molecule has 2 aromatic heterocycles. The van der Waals surface area contributed by atoms with E-state index in [0.29, 0.717) is 24.3 Å². The van der Waals surface area contributed by atoms with Crippen molar-refractivity contribution in [3.63, 3.8) is 0 Å². The zero-order valence-corrected chi connectivity index (χ0v) is 20.7. The van der Waals surface area contributed by atoms with Crippen molar-refractivity contribution in [2.45, 2.75) is 26.3 Å². The van der Waals surface area contributed by atoms with Crippen molar-refractivity contribution in [3.8, 4) is 11.3 Å². The highest BCUT2D eigenvalue weighted by molar-refractivity contribution is 5.94. The third kappa shape index (κ3) is 6.09. The second kappa shape index (κ2) is 12.0. The summed E-state index contributed by atoms with van der Waals surface area (Å²) in [6.45, 7) is 4.06. The molecule has 2 aromatic carbocycles. The molecule has 186 valence electrons. The molecule has 0 saturated heterocycles. The number of pyridine rings is 1. The highest BCUT2D eigenvalue weighted by Crippen LogP contribution is 2.26. The Kier molecular flexibility index (Phi) is 8.31. The Bertz CT molecular complexity index is 1320. The van der Waals surface area contributed by atoms with Gasteiger partial charge in [0.2, 0.25) is 0 Å². The largest absolute Gasteiger partial charge is 0.352 e. The molecule has 2 heterocycles. The number of anilines is 1. The lowest BCUT2D eigenvalue weighted by molar-refractivity contribution is 0.0953. The second-order valence-electron chi connectivity index (χ2n) is 8.50. The second-order valence-corrected chi connectivity index (χ2v) is 8.50. The van der Waals surface area contributed by atoms with Crippen LogP contribution in [0.15, 0.2) is 72.9 Å². The summed E-state index contributed by atoms with van der Waals surface area (Å²) in [6.07, 6.45) is 3.65. The van der Waals surface area contributed by atoms with E-state index < -0.39 is 0 Å². The molecule has 0 bridgehead atoms. The van der Waals surface area contributed by atoms with Crippen LogP contribution in [0.2, 0.25) is 0 Å². The number of nitrogens with zero attached hydrogens (tertiary/aromatic N) is 2. The summed E-state index contributed by atoms with van der Waals surface area (Å²) >= 11 is 0. The summed E-state index contributed by atoms with van der Waals surface area (Å²) in [4.78, 5) is 29.1. The monoisotopic (exact) mass is 484 g/mol. The molecule has 0 aliphatic heterocycles. The number of imidazole rings is 1. The zero-order valence-electron chi connectivity index (χ0n) is 20.7. The first-order chi connectivity index (χ1) is 17.6. The highest BCUT2D eigenvalue weighted by atomic mass is 16.2. The molecule has 0 fully saturated rings. The molecule has 0 spiro atoms. The number of hydrogen-bond donors (Lipinski definition) is 4. The van der Waals surface area contributed by atoms with Crippen molar-refractivity contribution in [1.82, 2.24) is 25.3 Å². The Morgan fingerprint density at radius 3 is 2.44 bits per heavy atom. The maximum absolute atomic E-state index is 12.6. The van der Waals surface area contributed by atoms with E-state index in [-0.39, 0.29) is 11.9 Å². The first kappa shape index (κ1) is 24.9. The van der Waals surface area contributed by atoms with Crippen molar-refractivity contribution in [2.24, 2.45) is 0 Å². The number of fused-ring (bicyclic) bond motifs is 1. The van der Waals surface area contributed by atoms with Crippen molar-refractivity contribution < 1.29 is 9.59 Å². The van der Waals surface area contributed by atoms with Gasteiger partial charge in [-0.2, -0.15) is 0 Å². The van der Waals surface area contributed by atoms with Crippen molar-refractivity contribution in [1.29, 1.82) is 0 Å². The average Bonchev–Trinajstić information content (AvgIpc) is 3.28. The molecule has 0 radical (unpaired) electrons. The van der Waals surface area contributed by atoms with Crippen molar-refractivity contribution in [2.75, 3.05) is 25.5 Å². The van der Waals surface area contributed by atoms with Crippen LogP contribution in [-0.4, -0.2) is 41.5 Å². The molecule has 0 saturated carbocycles. The summed E-state index contributed by atoms with van der Waals surface area (Å²) in [7, 11) is 1.58. The standard InChI is InChI=1S/C28H32N6O2/c1-3-16-31-27(35)22-11-14-25-33-26(21-9-12-23(13-10-21)32-28(36)29-2)24(34(25)19-22)18-30-17-15-20-7-5-4-6-8-20/h4-14,19,30H,3,15-18H2,1-2H3,(H,31,35)(H2,29,32,36). The van der Waals surface area contributed by atoms with Crippen LogP contribution < -0.4 is 21.3 Å². The fourth-order valence-electron chi connectivity index (χ4n) is 3.96. The van der Waals surface area contributed by atoms with Gasteiger partial charge in [-0.05, 0) is 49.2 Å². The predicted octanol–water partition coefficient (Wildman–Crippen LogP) is 4.22. The number of nitrogens with one attached hydrogen (secondary N) is 4. The van der Waals surface area contributed by atoms with Crippen LogP contribution in [0.1, 0.15) is 35.0 Å². The molecular formula is C28H32N6O2. The fraction of sp³-hybridized carbons (Fsp3) is 0.250. The smallest absolute Gasteiger partial charge is 0.318 e. The number of hydrogen-bond acceptors (Lipinski definition) is 4. The number of aromatic nitrogens is 2. The Hall–Kier alpha value is -4.17. The predicted molar refractivity (Wildman–Crippen MR) is 143 cm³/mol. The summed E-state index contributed by atoms with van der Waals surface area (Å²) in [5, 5.41) is 11.8. The lowest BCUT2D eigenvalue weighted by Crippen LogP contribution is -2.24. The molecule has 0 atom stereocenters. The molecule has 36 heavy (non-hydrogen) atoms. The first-order valence-electron chi connectivity index (χ1n) is 12.2. The van der Waals surface area contributed by atoms with Crippen LogP contribution in [0.4, 0.5) is 10.5 Å². The van der Waals surface area contributed by atoms with Gasteiger partial charge in [-0.25, -0.2) is 9.78 Å². The fourth-order valence-corrected chi connectivity index (χ4v) is 3.96. The van der Waals surface area contributed by atoms with Crippen LogP contribution >= 0.6 is 0 Å². The first-order valence-corrected chi connectivity index (χ1v) is 12.2. The number of urea groups is 1.